The van der Waals surface area contributed by atoms with Gasteiger partial charge in [-0.2, -0.15) is 0 Å². The van der Waals surface area contributed by atoms with Crippen molar-refractivity contribution in [3.05, 3.63) is 29.6 Å². The Morgan fingerprint density at radius 3 is 2.63 bits per heavy atom. The van der Waals surface area contributed by atoms with Crippen molar-refractivity contribution in [1.29, 1.82) is 0 Å². The van der Waals surface area contributed by atoms with Gasteiger partial charge in [0.25, 0.3) is 0 Å². The van der Waals surface area contributed by atoms with Crippen LogP contribution in [0.5, 0.6) is 0 Å². The van der Waals surface area contributed by atoms with Gasteiger partial charge in [-0.15, -0.1) is 0 Å². The average Bonchev–Trinajstić information content (AvgIpc) is 2.32. The van der Waals surface area contributed by atoms with Gasteiger partial charge in [0.15, 0.2) is 0 Å². The molecule has 1 aromatic carbocycles. The second-order valence-electron chi connectivity index (χ2n) is 4.33. The van der Waals surface area contributed by atoms with E-state index >= 15 is 0 Å². The Kier molecular flexibility index (Phi) is 5.44. The number of carbonyl (C=O) groups excluding carboxylic acids is 2. The number of halogens is 1. The zero-order chi connectivity index (χ0) is 14.4. The molecule has 19 heavy (non-hydrogen) atoms. The number of anilines is 1. The van der Waals surface area contributed by atoms with E-state index < -0.39 is 23.7 Å². The minimum absolute atomic E-state index is 0.0405. The molecule has 0 bridgehead atoms. The Morgan fingerprint density at radius 1 is 1.37 bits per heavy atom. The molecule has 1 aromatic rings. The first kappa shape index (κ1) is 15.1. The summed E-state index contributed by atoms with van der Waals surface area (Å²) in [7, 11) is 0. The maximum Gasteiger partial charge on any atom is 0.313 e. The molecule has 5 nitrogen and oxygen atoms in total. The predicted molar refractivity (Wildman–Crippen MR) is 69.1 cm³/mol. The van der Waals surface area contributed by atoms with Crippen LogP contribution < -0.4 is 10.6 Å². The zero-order valence-corrected chi connectivity index (χ0v) is 10.9. The van der Waals surface area contributed by atoms with E-state index in [1.165, 1.54) is 12.1 Å². The highest BCUT2D eigenvalue weighted by Gasteiger charge is 2.15. The van der Waals surface area contributed by atoms with Crippen LogP contribution in [0.15, 0.2) is 18.2 Å². The molecule has 0 saturated carbocycles. The Hall–Kier alpha value is -1.95. The number of rotatable bonds is 4. The van der Waals surface area contributed by atoms with Crippen LogP contribution in [0, 0.1) is 12.7 Å². The zero-order valence-electron chi connectivity index (χ0n) is 10.9. The van der Waals surface area contributed by atoms with Crippen LogP contribution in [-0.4, -0.2) is 29.6 Å². The number of hydrogen-bond acceptors (Lipinski definition) is 3. The maximum absolute atomic E-state index is 13.5. The van der Waals surface area contributed by atoms with Gasteiger partial charge >= 0.3 is 11.8 Å². The minimum atomic E-state index is -0.937. The van der Waals surface area contributed by atoms with E-state index in [1.807, 2.05) is 0 Å². The van der Waals surface area contributed by atoms with Crippen molar-refractivity contribution in [3.63, 3.8) is 0 Å². The molecule has 0 aromatic heterocycles. The topological polar surface area (TPSA) is 78.4 Å². The van der Waals surface area contributed by atoms with Gasteiger partial charge in [-0.3, -0.25) is 9.59 Å². The minimum Gasteiger partial charge on any atom is -0.393 e. The summed E-state index contributed by atoms with van der Waals surface area (Å²) in [5, 5.41) is 13.5. The van der Waals surface area contributed by atoms with Crippen molar-refractivity contribution < 1.29 is 19.1 Å². The third kappa shape index (κ3) is 5.05. The number of aliphatic hydroxyl groups is 1. The molecule has 104 valence electrons. The molecular formula is C13H17FN2O3. The summed E-state index contributed by atoms with van der Waals surface area (Å²) in [4.78, 5) is 22.9. The van der Waals surface area contributed by atoms with Crippen molar-refractivity contribution >= 4 is 17.5 Å². The number of aliphatic hydroxyl groups excluding tert-OH is 1. The Bertz CT molecular complexity index is 475. The summed E-state index contributed by atoms with van der Waals surface area (Å²) in [6, 6.07) is 4.29. The second-order valence-corrected chi connectivity index (χ2v) is 4.33. The molecule has 0 spiro atoms. The van der Waals surface area contributed by atoms with Gasteiger partial charge in [-0.25, -0.2) is 4.39 Å². The standard InChI is InChI=1S/C13H17FN2O3/c1-8-3-4-11(10(14)7-8)16-13(19)12(18)15-6-5-9(2)17/h3-4,7,9,17H,5-6H2,1-2H3,(H,15,18)(H,16,19). The largest absolute Gasteiger partial charge is 0.393 e. The van der Waals surface area contributed by atoms with E-state index in [2.05, 4.69) is 10.6 Å². The normalized spacial score (nSPS) is 11.8. The molecule has 0 aliphatic rings. The van der Waals surface area contributed by atoms with E-state index in [-0.39, 0.29) is 12.2 Å². The highest BCUT2D eigenvalue weighted by atomic mass is 19.1. The highest BCUT2D eigenvalue weighted by Crippen LogP contribution is 2.14. The Balaban J connectivity index is 2.52. The van der Waals surface area contributed by atoms with Gasteiger partial charge in [-0.05, 0) is 38.0 Å². The molecule has 0 fully saturated rings. The molecule has 6 heteroatoms. The lowest BCUT2D eigenvalue weighted by Gasteiger charge is -2.08. The monoisotopic (exact) mass is 268 g/mol. The lowest BCUT2D eigenvalue weighted by molar-refractivity contribution is -0.136. The van der Waals surface area contributed by atoms with Crippen molar-refractivity contribution in [3.8, 4) is 0 Å². The maximum atomic E-state index is 13.5. The first-order valence-corrected chi connectivity index (χ1v) is 5.93. The number of carbonyl (C=O) groups is 2. The Morgan fingerprint density at radius 2 is 2.05 bits per heavy atom. The van der Waals surface area contributed by atoms with Crippen LogP contribution in [0.2, 0.25) is 0 Å². The highest BCUT2D eigenvalue weighted by molar-refractivity contribution is 6.39. The fourth-order valence-corrected chi connectivity index (χ4v) is 1.38. The number of nitrogens with one attached hydrogen (secondary N) is 2. The van der Waals surface area contributed by atoms with Gasteiger partial charge in [0, 0.05) is 6.54 Å². The van der Waals surface area contributed by atoms with Gasteiger partial charge in [0.2, 0.25) is 0 Å². The van der Waals surface area contributed by atoms with Gasteiger partial charge in [-0.1, -0.05) is 6.07 Å². The van der Waals surface area contributed by atoms with Crippen LogP contribution in [-0.2, 0) is 9.59 Å². The van der Waals surface area contributed by atoms with Crippen LogP contribution >= 0.6 is 0 Å². The third-order valence-corrected chi connectivity index (χ3v) is 2.43. The van der Waals surface area contributed by atoms with Crippen LogP contribution in [0.4, 0.5) is 10.1 Å². The molecule has 0 saturated heterocycles. The number of aryl methyl sites for hydroxylation is 1. The fraction of sp³-hybridized carbons (Fsp3) is 0.385. The molecular weight excluding hydrogens is 251 g/mol. The molecule has 2 amide bonds. The second kappa shape index (κ2) is 6.84. The summed E-state index contributed by atoms with van der Waals surface area (Å²) >= 11 is 0. The van der Waals surface area contributed by atoms with E-state index in [4.69, 9.17) is 5.11 Å². The quantitative estimate of drug-likeness (QED) is 0.712. The van der Waals surface area contributed by atoms with E-state index in [1.54, 1.807) is 19.9 Å². The summed E-state index contributed by atoms with van der Waals surface area (Å²) in [5.41, 5.74) is 0.679. The van der Waals surface area contributed by atoms with E-state index in [0.717, 1.165) is 5.56 Å². The average molecular weight is 268 g/mol. The van der Waals surface area contributed by atoms with Crippen molar-refractivity contribution in [2.24, 2.45) is 0 Å². The van der Waals surface area contributed by atoms with Gasteiger partial charge in [0.05, 0.1) is 11.8 Å². The Labute approximate surface area is 110 Å². The van der Waals surface area contributed by atoms with Crippen LogP contribution in [0.25, 0.3) is 0 Å². The van der Waals surface area contributed by atoms with E-state index in [9.17, 15) is 14.0 Å². The molecule has 1 atom stereocenters. The van der Waals surface area contributed by atoms with Gasteiger partial charge in [0.1, 0.15) is 5.82 Å². The third-order valence-electron chi connectivity index (χ3n) is 2.43. The molecule has 0 aliphatic carbocycles. The number of benzene rings is 1. The molecule has 1 unspecified atom stereocenters. The summed E-state index contributed by atoms with van der Waals surface area (Å²) in [6.07, 6.45) is -0.212. The van der Waals surface area contributed by atoms with Crippen LogP contribution in [0.1, 0.15) is 18.9 Å². The predicted octanol–water partition coefficient (Wildman–Crippen LogP) is 0.960. The first-order chi connectivity index (χ1) is 8.90. The first-order valence-electron chi connectivity index (χ1n) is 5.93. The van der Waals surface area contributed by atoms with Crippen LogP contribution in [0.3, 0.4) is 0 Å². The van der Waals surface area contributed by atoms with E-state index in [0.29, 0.717) is 6.42 Å². The smallest absolute Gasteiger partial charge is 0.313 e. The van der Waals surface area contributed by atoms with Crippen molar-refractivity contribution in [2.75, 3.05) is 11.9 Å². The number of hydrogen-bond donors (Lipinski definition) is 3. The summed E-state index contributed by atoms with van der Waals surface area (Å²) < 4.78 is 13.5. The molecule has 0 heterocycles. The fourth-order valence-electron chi connectivity index (χ4n) is 1.38. The summed E-state index contributed by atoms with van der Waals surface area (Å²) in [5.74, 6) is -2.39. The lowest BCUT2D eigenvalue weighted by atomic mass is 10.2. The van der Waals surface area contributed by atoms with Crippen molar-refractivity contribution in [1.82, 2.24) is 5.32 Å². The van der Waals surface area contributed by atoms with Gasteiger partial charge < -0.3 is 15.7 Å². The molecule has 0 radical (unpaired) electrons. The summed E-state index contributed by atoms with van der Waals surface area (Å²) in [6.45, 7) is 3.48. The lowest BCUT2D eigenvalue weighted by Crippen LogP contribution is -2.36. The van der Waals surface area contributed by atoms with Crippen molar-refractivity contribution in [2.45, 2.75) is 26.4 Å². The SMILES string of the molecule is Cc1ccc(NC(=O)C(=O)NCCC(C)O)c(F)c1. The molecule has 0 aliphatic heterocycles. The molecule has 3 N–H and O–H groups in total. The number of amides is 2. The molecule has 1 rings (SSSR count).